The van der Waals surface area contributed by atoms with Crippen molar-refractivity contribution in [1.82, 2.24) is 0 Å². The molecule has 0 N–H and O–H groups in total. The smallest absolute Gasteiger partial charge is 0.549 e. The van der Waals surface area contributed by atoms with E-state index >= 15 is 0 Å². The molecule has 0 aliphatic rings. The van der Waals surface area contributed by atoms with Gasteiger partial charge in [-0.2, -0.15) is 0 Å². The van der Waals surface area contributed by atoms with Crippen molar-refractivity contribution in [3.8, 4) is 0 Å². The van der Waals surface area contributed by atoms with Crippen LogP contribution in [0.2, 0.25) is 0 Å². The van der Waals surface area contributed by atoms with Gasteiger partial charge >= 0.3 is 23.1 Å². The molecule has 0 aliphatic carbocycles. The first-order valence-electron chi connectivity index (χ1n) is 6.82. The maximum absolute atomic E-state index is 11.1. The number of unbranched alkanes of at least 4 members (excludes halogenated alkanes) is 5. The summed E-state index contributed by atoms with van der Waals surface area (Å²) in [4.78, 5) is 22.3. The number of carbonyl (C=O) groups is 2. The normalized spacial score (nSPS) is 11.2. The number of carboxylic acids is 2. The van der Waals surface area contributed by atoms with Crippen LogP contribution in [0, 0.1) is 11.3 Å². The molecule has 0 heterocycles. The number of carboxylic acid groups (broad SMARTS) is 2. The Morgan fingerprint density at radius 3 is 1.74 bits per heavy atom. The predicted octanol–water partition coefficient (Wildman–Crippen LogP) is 0.498. The third kappa shape index (κ3) is 6.12. The van der Waals surface area contributed by atoms with Gasteiger partial charge in [-0.15, -0.1) is 0 Å². The number of aliphatic carboxylic acids is 2. The predicted molar refractivity (Wildman–Crippen MR) is 71.0 cm³/mol. The van der Waals surface area contributed by atoms with Gasteiger partial charge in [-0.25, -0.2) is 0 Å². The summed E-state index contributed by atoms with van der Waals surface area (Å²) in [7, 11) is 0. The average Bonchev–Trinajstić information content (AvgIpc) is 2.26. The van der Waals surface area contributed by atoms with Crippen LogP contribution in [0.25, 0.3) is 0 Å². The van der Waals surface area contributed by atoms with Crippen LogP contribution in [0.5, 0.6) is 0 Å². The summed E-state index contributed by atoms with van der Waals surface area (Å²) in [6.45, 7) is 5.29. The standard InChI is InChI=1S/C14H26O4.Mg/c1-4-5-6-7-8-9-10-14(11(2)3,12(15)16)13(17)18;/h11H,4-10H2,1-3H3,(H,15,16)(H,17,18);/q;+2/p-2. The molecule has 0 unspecified atom stereocenters. The summed E-state index contributed by atoms with van der Waals surface area (Å²) >= 11 is 0. The van der Waals surface area contributed by atoms with E-state index in [2.05, 4.69) is 6.92 Å². The Balaban J connectivity index is 0. The van der Waals surface area contributed by atoms with Crippen LogP contribution in [-0.4, -0.2) is 35.0 Å². The second-order valence-corrected chi connectivity index (χ2v) is 5.22. The van der Waals surface area contributed by atoms with Gasteiger partial charge in [0, 0.05) is 0 Å². The fraction of sp³-hybridized carbons (Fsp3) is 0.857. The molecule has 0 aromatic carbocycles. The zero-order chi connectivity index (χ0) is 14.2. The van der Waals surface area contributed by atoms with Crippen LogP contribution >= 0.6 is 0 Å². The molecule has 0 radical (unpaired) electrons. The molecular formula is C14H24MgO4. The molecule has 0 spiro atoms. The molecule has 0 aromatic heterocycles. The van der Waals surface area contributed by atoms with Gasteiger partial charge in [-0.05, 0) is 12.3 Å². The van der Waals surface area contributed by atoms with Crippen molar-refractivity contribution >= 4 is 35.0 Å². The van der Waals surface area contributed by atoms with Gasteiger partial charge in [0.15, 0.2) is 0 Å². The SMILES string of the molecule is CCCCCCCCC(C(=O)[O-])(C(=O)[O-])C(C)C.[Mg+2]. The minimum atomic E-state index is -1.84. The number of hydrogen-bond donors (Lipinski definition) is 0. The fourth-order valence-electron chi connectivity index (χ4n) is 2.23. The van der Waals surface area contributed by atoms with Gasteiger partial charge < -0.3 is 19.8 Å². The van der Waals surface area contributed by atoms with Crippen LogP contribution in [-0.2, 0) is 9.59 Å². The molecule has 0 aromatic rings. The number of carbonyl (C=O) groups excluding carboxylic acids is 2. The summed E-state index contributed by atoms with van der Waals surface area (Å²) in [5.74, 6) is -3.57. The van der Waals surface area contributed by atoms with Crippen LogP contribution in [0.3, 0.4) is 0 Å². The monoisotopic (exact) mass is 280 g/mol. The third-order valence-corrected chi connectivity index (χ3v) is 3.64. The maximum atomic E-state index is 11.1. The molecular weight excluding hydrogens is 256 g/mol. The molecule has 4 nitrogen and oxygen atoms in total. The molecule has 0 aliphatic heterocycles. The maximum Gasteiger partial charge on any atom is 2.00 e. The molecule has 0 saturated carbocycles. The van der Waals surface area contributed by atoms with Crippen LogP contribution in [0.4, 0.5) is 0 Å². The van der Waals surface area contributed by atoms with Crippen molar-refractivity contribution in [1.29, 1.82) is 0 Å². The zero-order valence-electron chi connectivity index (χ0n) is 12.4. The van der Waals surface area contributed by atoms with Crippen molar-refractivity contribution in [2.45, 2.75) is 65.7 Å². The minimum Gasteiger partial charge on any atom is -0.549 e. The Labute approximate surface area is 132 Å². The Morgan fingerprint density at radius 1 is 0.947 bits per heavy atom. The Bertz CT molecular complexity index is 263. The zero-order valence-corrected chi connectivity index (χ0v) is 13.8. The summed E-state index contributed by atoms with van der Waals surface area (Å²) in [5.41, 5.74) is -1.84. The van der Waals surface area contributed by atoms with E-state index in [0.717, 1.165) is 32.1 Å². The second kappa shape index (κ2) is 10.5. The fourth-order valence-corrected chi connectivity index (χ4v) is 2.23. The Morgan fingerprint density at radius 2 is 1.37 bits per heavy atom. The minimum absolute atomic E-state index is 0. The quantitative estimate of drug-likeness (QED) is 0.331. The van der Waals surface area contributed by atoms with Gasteiger partial charge in [-0.3, -0.25) is 0 Å². The molecule has 0 atom stereocenters. The van der Waals surface area contributed by atoms with Crippen LogP contribution < -0.4 is 10.2 Å². The van der Waals surface area contributed by atoms with E-state index in [1.165, 1.54) is 0 Å². The van der Waals surface area contributed by atoms with Crippen LogP contribution in [0.15, 0.2) is 0 Å². The van der Waals surface area contributed by atoms with E-state index in [1.54, 1.807) is 13.8 Å². The average molecular weight is 281 g/mol. The summed E-state index contributed by atoms with van der Waals surface area (Å²) in [6, 6.07) is 0. The third-order valence-electron chi connectivity index (χ3n) is 3.64. The largest absolute Gasteiger partial charge is 2.00 e. The molecule has 0 bridgehead atoms. The first-order chi connectivity index (χ1) is 8.39. The van der Waals surface area contributed by atoms with Crippen molar-refractivity contribution in [3.05, 3.63) is 0 Å². The van der Waals surface area contributed by atoms with E-state index in [-0.39, 0.29) is 29.5 Å². The van der Waals surface area contributed by atoms with Crippen molar-refractivity contribution in [2.24, 2.45) is 11.3 Å². The molecule has 0 fully saturated rings. The van der Waals surface area contributed by atoms with Crippen molar-refractivity contribution in [3.63, 3.8) is 0 Å². The summed E-state index contributed by atoms with van der Waals surface area (Å²) in [5, 5.41) is 22.3. The topological polar surface area (TPSA) is 80.3 Å². The molecule has 106 valence electrons. The first-order valence-corrected chi connectivity index (χ1v) is 6.82. The van der Waals surface area contributed by atoms with Crippen molar-refractivity contribution < 1.29 is 19.8 Å². The molecule has 5 heteroatoms. The van der Waals surface area contributed by atoms with Gasteiger partial charge in [0.05, 0.1) is 17.4 Å². The Hall–Kier alpha value is -0.294. The van der Waals surface area contributed by atoms with E-state index < -0.39 is 23.3 Å². The van der Waals surface area contributed by atoms with E-state index in [9.17, 15) is 19.8 Å². The van der Waals surface area contributed by atoms with Gasteiger partial charge in [0.2, 0.25) is 0 Å². The summed E-state index contributed by atoms with van der Waals surface area (Å²) in [6.07, 6.45) is 5.98. The molecule has 0 saturated heterocycles. The molecule has 0 amide bonds. The van der Waals surface area contributed by atoms with Gasteiger partial charge in [0.1, 0.15) is 0 Å². The van der Waals surface area contributed by atoms with E-state index in [4.69, 9.17) is 0 Å². The van der Waals surface area contributed by atoms with Crippen molar-refractivity contribution in [2.75, 3.05) is 0 Å². The van der Waals surface area contributed by atoms with Gasteiger partial charge in [-0.1, -0.05) is 59.3 Å². The number of rotatable bonds is 10. The second-order valence-electron chi connectivity index (χ2n) is 5.22. The Kier molecular flexibility index (Phi) is 11.6. The van der Waals surface area contributed by atoms with Gasteiger partial charge in [0.25, 0.3) is 0 Å². The van der Waals surface area contributed by atoms with E-state index in [0.29, 0.717) is 6.42 Å². The first kappa shape index (κ1) is 21.0. The van der Waals surface area contributed by atoms with E-state index in [1.807, 2.05) is 0 Å². The number of hydrogen-bond acceptors (Lipinski definition) is 4. The van der Waals surface area contributed by atoms with Crippen LogP contribution in [0.1, 0.15) is 65.7 Å². The summed E-state index contributed by atoms with van der Waals surface area (Å²) < 4.78 is 0. The molecule has 0 rings (SSSR count). The molecule has 19 heavy (non-hydrogen) atoms.